The Morgan fingerprint density at radius 3 is 2.04 bits per heavy atom. The molecule has 0 amide bonds. The van der Waals surface area contributed by atoms with Crippen LogP contribution in [-0.2, 0) is 5.41 Å². The third-order valence-electron chi connectivity index (χ3n) is 8.14. The highest BCUT2D eigenvalue weighted by atomic mass is 14.6. The lowest BCUT2D eigenvalue weighted by Gasteiger charge is -2.59. The van der Waals surface area contributed by atoms with Crippen molar-refractivity contribution in [1.82, 2.24) is 0 Å². The van der Waals surface area contributed by atoms with Crippen molar-refractivity contribution in [2.24, 2.45) is 10.8 Å². The van der Waals surface area contributed by atoms with Gasteiger partial charge in [-0.25, -0.2) is 0 Å². The second-order valence-corrected chi connectivity index (χ2v) is 10.6. The van der Waals surface area contributed by atoms with Crippen molar-refractivity contribution in [2.45, 2.75) is 66.2 Å². The first-order chi connectivity index (χ1) is 13.2. The van der Waals surface area contributed by atoms with Gasteiger partial charge in [-0.2, -0.15) is 0 Å². The van der Waals surface area contributed by atoms with Gasteiger partial charge in [0.1, 0.15) is 0 Å². The normalized spacial score (nSPS) is 20.9. The molecule has 0 aliphatic heterocycles. The Hall–Kier alpha value is -2.08. The van der Waals surface area contributed by atoms with Gasteiger partial charge in [0.05, 0.1) is 0 Å². The molecule has 1 fully saturated rings. The Morgan fingerprint density at radius 2 is 1.36 bits per heavy atom. The molecule has 144 valence electrons. The first-order valence-electron chi connectivity index (χ1n) is 10.8. The Kier molecular flexibility index (Phi) is 3.53. The summed E-state index contributed by atoms with van der Waals surface area (Å²) in [6.07, 6.45) is 3.90. The molecule has 1 spiro atoms. The third kappa shape index (κ3) is 1.97. The highest BCUT2D eigenvalue weighted by Gasteiger charge is 2.62. The minimum Gasteiger partial charge on any atom is -0.0616 e. The van der Waals surface area contributed by atoms with Gasteiger partial charge in [-0.05, 0) is 76.1 Å². The van der Waals surface area contributed by atoms with Crippen LogP contribution in [0.15, 0.2) is 48.5 Å². The molecule has 0 radical (unpaired) electrons. The van der Waals surface area contributed by atoms with Gasteiger partial charge in [0.25, 0.3) is 0 Å². The first kappa shape index (κ1) is 18.0. The van der Waals surface area contributed by atoms with E-state index in [0.717, 1.165) is 0 Å². The maximum Gasteiger partial charge on any atom is 0.0317 e. The minimum atomic E-state index is 0.0593. The van der Waals surface area contributed by atoms with Gasteiger partial charge in [-0.3, -0.25) is 0 Å². The van der Waals surface area contributed by atoms with Crippen LogP contribution in [-0.4, -0.2) is 0 Å². The second-order valence-electron chi connectivity index (χ2n) is 10.6. The lowest BCUT2D eigenvalue weighted by Crippen LogP contribution is -2.55. The van der Waals surface area contributed by atoms with Gasteiger partial charge in [-0.1, -0.05) is 88.2 Å². The van der Waals surface area contributed by atoms with E-state index in [9.17, 15) is 0 Å². The third-order valence-corrected chi connectivity index (χ3v) is 8.14. The van der Waals surface area contributed by atoms with Crippen molar-refractivity contribution in [1.29, 1.82) is 0 Å². The van der Waals surface area contributed by atoms with Gasteiger partial charge in [0, 0.05) is 5.41 Å². The zero-order valence-electron chi connectivity index (χ0n) is 18.2. The number of aryl methyl sites for hydroxylation is 2. The average molecular weight is 369 g/mol. The molecule has 2 aliphatic carbocycles. The largest absolute Gasteiger partial charge is 0.0616 e. The quantitative estimate of drug-likeness (QED) is 0.377. The average Bonchev–Trinajstić information content (AvgIpc) is 2.91. The molecule has 0 heteroatoms. The van der Waals surface area contributed by atoms with Crippen LogP contribution in [0, 0.1) is 24.7 Å². The lowest BCUT2D eigenvalue weighted by atomic mass is 9.44. The summed E-state index contributed by atoms with van der Waals surface area (Å²) < 4.78 is 0. The van der Waals surface area contributed by atoms with E-state index in [2.05, 4.69) is 90.1 Å². The van der Waals surface area contributed by atoms with E-state index in [4.69, 9.17) is 0 Å². The monoisotopic (exact) mass is 368 g/mol. The number of rotatable bonds is 0. The molecule has 1 saturated carbocycles. The van der Waals surface area contributed by atoms with Crippen molar-refractivity contribution >= 4 is 10.8 Å². The minimum absolute atomic E-state index is 0.0593. The highest BCUT2D eigenvalue weighted by molar-refractivity contribution is 6.04. The smallest absolute Gasteiger partial charge is 0.0317 e. The molecule has 0 heterocycles. The van der Waals surface area contributed by atoms with Crippen LogP contribution in [0.2, 0.25) is 0 Å². The number of hydrogen-bond acceptors (Lipinski definition) is 0. The molecule has 0 nitrogen and oxygen atoms in total. The molecule has 28 heavy (non-hydrogen) atoms. The van der Waals surface area contributed by atoms with Crippen molar-refractivity contribution < 1.29 is 0 Å². The molecular weight excluding hydrogens is 336 g/mol. The fourth-order valence-corrected chi connectivity index (χ4v) is 7.20. The Bertz CT molecular complexity index is 1090. The second kappa shape index (κ2) is 5.50. The summed E-state index contributed by atoms with van der Waals surface area (Å²) in [5.74, 6) is 0. The van der Waals surface area contributed by atoms with E-state index in [1.54, 1.807) is 11.1 Å². The standard InChI is InChI=1S/C28H32/c1-18-12-13-22-23(16-18)28(26(3,4)14-9-15-27(28,5)6)24-17-19(2)20-10-7-8-11-21(20)25(22)24/h7-8,10-13,16-17H,9,14-15H2,1-6H3. The summed E-state index contributed by atoms with van der Waals surface area (Å²) in [4.78, 5) is 0. The topological polar surface area (TPSA) is 0 Å². The molecule has 3 aromatic carbocycles. The van der Waals surface area contributed by atoms with Crippen LogP contribution in [0.4, 0.5) is 0 Å². The molecule has 0 unspecified atom stereocenters. The van der Waals surface area contributed by atoms with Gasteiger partial charge in [0.2, 0.25) is 0 Å². The fraction of sp³-hybridized carbons (Fsp3) is 0.429. The first-order valence-corrected chi connectivity index (χ1v) is 10.8. The zero-order chi connectivity index (χ0) is 19.9. The summed E-state index contributed by atoms with van der Waals surface area (Å²) in [7, 11) is 0. The molecule has 0 bridgehead atoms. The Morgan fingerprint density at radius 1 is 0.714 bits per heavy atom. The van der Waals surface area contributed by atoms with E-state index in [1.807, 2.05) is 0 Å². The van der Waals surface area contributed by atoms with Crippen LogP contribution in [0.5, 0.6) is 0 Å². The van der Waals surface area contributed by atoms with Crippen molar-refractivity contribution in [3.05, 3.63) is 70.8 Å². The van der Waals surface area contributed by atoms with E-state index in [-0.39, 0.29) is 16.2 Å². The van der Waals surface area contributed by atoms with Crippen molar-refractivity contribution in [3.63, 3.8) is 0 Å². The SMILES string of the molecule is Cc1ccc2c(c1)C1(c3cc(C)c4ccccc4c3-2)C(C)(C)CCCC1(C)C. The summed E-state index contributed by atoms with van der Waals surface area (Å²) in [5.41, 5.74) is 9.42. The summed E-state index contributed by atoms with van der Waals surface area (Å²) in [6.45, 7) is 14.7. The number of hydrogen-bond donors (Lipinski definition) is 0. The predicted octanol–water partition coefficient (Wildman–Crippen LogP) is 7.96. The van der Waals surface area contributed by atoms with Crippen LogP contribution in [0.1, 0.15) is 69.2 Å². The Balaban J connectivity index is 2.04. The molecule has 3 aromatic rings. The van der Waals surface area contributed by atoms with Gasteiger partial charge < -0.3 is 0 Å². The maximum atomic E-state index is 2.54. The summed E-state index contributed by atoms with van der Waals surface area (Å²) in [5, 5.41) is 2.83. The summed E-state index contributed by atoms with van der Waals surface area (Å²) >= 11 is 0. The molecule has 5 rings (SSSR count). The molecule has 0 saturated heterocycles. The number of benzene rings is 3. The van der Waals surface area contributed by atoms with Crippen LogP contribution >= 0.6 is 0 Å². The van der Waals surface area contributed by atoms with Crippen LogP contribution in [0.3, 0.4) is 0 Å². The molecular formula is C28H32. The van der Waals surface area contributed by atoms with Crippen LogP contribution in [0.25, 0.3) is 21.9 Å². The molecule has 0 atom stereocenters. The Labute approximate surface area is 170 Å². The van der Waals surface area contributed by atoms with Gasteiger partial charge >= 0.3 is 0 Å². The van der Waals surface area contributed by atoms with E-state index < -0.39 is 0 Å². The van der Waals surface area contributed by atoms with Gasteiger partial charge in [0.15, 0.2) is 0 Å². The lowest BCUT2D eigenvalue weighted by molar-refractivity contribution is 0.00873. The maximum absolute atomic E-state index is 2.54. The highest BCUT2D eigenvalue weighted by Crippen LogP contribution is 2.70. The molecule has 0 aromatic heterocycles. The number of fused-ring (bicyclic) bond motifs is 7. The van der Waals surface area contributed by atoms with Crippen LogP contribution < -0.4 is 0 Å². The van der Waals surface area contributed by atoms with E-state index in [0.29, 0.717) is 0 Å². The van der Waals surface area contributed by atoms with Crippen molar-refractivity contribution in [3.8, 4) is 11.1 Å². The van der Waals surface area contributed by atoms with Gasteiger partial charge in [-0.15, -0.1) is 0 Å². The molecule has 0 N–H and O–H groups in total. The zero-order valence-corrected chi connectivity index (χ0v) is 18.2. The fourth-order valence-electron chi connectivity index (χ4n) is 7.20. The van der Waals surface area contributed by atoms with E-state index >= 15 is 0 Å². The van der Waals surface area contributed by atoms with Crippen molar-refractivity contribution in [2.75, 3.05) is 0 Å². The molecule has 2 aliphatic rings. The summed E-state index contributed by atoms with van der Waals surface area (Å²) in [6, 6.07) is 18.8. The van der Waals surface area contributed by atoms with E-state index in [1.165, 1.54) is 52.3 Å². The predicted molar refractivity (Wildman–Crippen MR) is 121 cm³/mol.